The van der Waals surface area contributed by atoms with Crippen LogP contribution in [-0.4, -0.2) is 9.13 Å². The van der Waals surface area contributed by atoms with Crippen LogP contribution >= 0.6 is 31.9 Å². The van der Waals surface area contributed by atoms with Gasteiger partial charge in [0.25, 0.3) is 0 Å². The maximum atomic E-state index is 3.75. The van der Waals surface area contributed by atoms with Crippen LogP contribution in [0.15, 0.2) is 155 Å². The van der Waals surface area contributed by atoms with Crippen LogP contribution in [0.3, 0.4) is 0 Å². The lowest BCUT2D eigenvalue weighted by Gasteiger charge is -2.23. The predicted octanol–water partition coefficient (Wildman–Crippen LogP) is 12.1. The first-order chi connectivity index (χ1) is 21.7. The molecule has 208 valence electrons. The van der Waals surface area contributed by atoms with E-state index in [1.807, 2.05) is 0 Å². The van der Waals surface area contributed by atoms with Crippen LogP contribution in [0.5, 0.6) is 0 Å². The third-order valence-corrected chi connectivity index (χ3v) is 9.77. The van der Waals surface area contributed by atoms with Crippen molar-refractivity contribution >= 4 is 53.7 Å². The summed E-state index contributed by atoms with van der Waals surface area (Å²) in [5, 5.41) is 2.48. The van der Waals surface area contributed by atoms with Crippen LogP contribution in [0.25, 0.3) is 77.9 Å². The number of benzene rings is 6. The van der Waals surface area contributed by atoms with Crippen LogP contribution in [0.4, 0.5) is 0 Å². The molecule has 0 saturated carbocycles. The van der Waals surface area contributed by atoms with E-state index < -0.39 is 0 Å². The van der Waals surface area contributed by atoms with Crippen LogP contribution in [0.2, 0.25) is 0 Å². The number of para-hydroxylation sites is 2. The SMILES string of the molecule is Brc1cccc(-n2c3c(c4ccccc42)-c2ccccc2-c2c(n(-c4cccc(Br)c4)c4ccccc24)-c2ccccc2-3)c1. The van der Waals surface area contributed by atoms with Crippen LogP contribution in [0, 0.1) is 0 Å². The van der Waals surface area contributed by atoms with Crippen molar-refractivity contribution in [2.24, 2.45) is 0 Å². The molecule has 0 spiro atoms. The monoisotopic (exact) mass is 690 g/mol. The lowest BCUT2D eigenvalue weighted by Crippen LogP contribution is -2.04. The fourth-order valence-electron chi connectivity index (χ4n) is 7.12. The number of aromatic nitrogens is 2. The molecule has 44 heavy (non-hydrogen) atoms. The third-order valence-electron chi connectivity index (χ3n) is 8.79. The number of hydrogen-bond acceptors (Lipinski definition) is 0. The maximum absolute atomic E-state index is 3.75. The number of rotatable bonds is 2. The molecule has 6 aromatic carbocycles. The highest BCUT2D eigenvalue weighted by molar-refractivity contribution is 9.10. The Bertz CT molecular complexity index is 2260. The van der Waals surface area contributed by atoms with E-state index in [1.165, 1.54) is 66.6 Å². The molecule has 0 atom stereocenters. The first kappa shape index (κ1) is 25.8. The Morgan fingerprint density at radius 3 is 1.18 bits per heavy atom. The van der Waals surface area contributed by atoms with Gasteiger partial charge in [0.15, 0.2) is 0 Å². The van der Waals surface area contributed by atoms with Gasteiger partial charge in [0.2, 0.25) is 0 Å². The van der Waals surface area contributed by atoms with E-state index in [9.17, 15) is 0 Å². The van der Waals surface area contributed by atoms with Crippen molar-refractivity contribution in [3.8, 4) is 56.1 Å². The Morgan fingerprint density at radius 2 is 0.750 bits per heavy atom. The zero-order valence-electron chi connectivity index (χ0n) is 23.5. The van der Waals surface area contributed by atoms with Crippen LogP contribution in [-0.2, 0) is 0 Å². The summed E-state index contributed by atoms with van der Waals surface area (Å²) >= 11 is 7.51. The summed E-state index contributed by atoms with van der Waals surface area (Å²) < 4.78 is 7.00. The topological polar surface area (TPSA) is 9.86 Å². The fourth-order valence-corrected chi connectivity index (χ4v) is 7.89. The summed E-state index contributed by atoms with van der Waals surface area (Å²) in [6, 6.07) is 52.8. The van der Waals surface area contributed by atoms with Gasteiger partial charge in [-0.2, -0.15) is 0 Å². The summed E-state index contributed by atoms with van der Waals surface area (Å²) in [5.41, 5.74) is 14.4. The molecule has 2 aromatic heterocycles. The average molecular weight is 692 g/mol. The van der Waals surface area contributed by atoms with Crippen molar-refractivity contribution in [3.63, 3.8) is 0 Å². The zero-order chi connectivity index (χ0) is 29.4. The number of hydrogen-bond donors (Lipinski definition) is 0. The summed E-state index contributed by atoms with van der Waals surface area (Å²) in [5.74, 6) is 0. The van der Waals surface area contributed by atoms with E-state index in [2.05, 4.69) is 187 Å². The fraction of sp³-hybridized carbons (Fsp3) is 0. The van der Waals surface area contributed by atoms with E-state index in [0.717, 1.165) is 20.3 Å². The zero-order valence-corrected chi connectivity index (χ0v) is 26.7. The Hall–Kier alpha value is -4.64. The second kappa shape index (κ2) is 9.95. The van der Waals surface area contributed by atoms with E-state index in [-0.39, 0.29) is 0 Å². The molecular formula is C40H24Br2N2. The molecule has 0 N–H and O–H groups in total. The van der Waals surface area contributed by atoms with Crippen molar-refractivity contribution in [2.75, 3.05) is 0 Å². The molecule has 0 saturated heterocycles. The predicted molar refractivity (Wildman–Crippen MR) is 191 cm³/mol. The molecule has 0 unspecified atom stereocenters. The van der Waals surface area contributed by atoms with Gasteiger partial charge in [0.05, 0.1) is 22.4 Å². The number of halogens is 2. The highest BCUT2D eigenvalue weighted by Crippen LogP contribution is 2.54. The van der Waals surface area contributed by atoms with Crippen molar-refractivity contribution in [1.29, 1.82) is 0 Å². The number of nitrogens with zero attached hydrogens (tertiary/aromatic N) is 2. The summed E-state index contributed by atoms with van der Waals surface area (Å²) in [4.78, 5) is 0. The molecule has 0 radical (unpaired) electrons. The second-order valence-electron chi connectivity index (χ2n) is 11.2. The Balaban J connectivity index is 1.54. The minimum Gasteiger partial charge on any atom is -0.309 e. The van der Waals surface area contributed by atoms with Crippen LogP contribution in [0.1, 0.15) is 0 Å². The van der Waals surface area contributed by atoms with Gasteiger partial charge in [-0.15, -0.1) is 0 Å². The lowest BCUT2D eigenvalue weighted by atomic mass is 9.84. The molecule has 0 amide bonds. The van der Waals surface area contributed by atoms with Crippen molar-refractivity contribution in [2.45, 2.75) is 0 Å². The molecule has 4 heteroatoms. The molecule has 0 bridgehead atoms. The van der Waals surface area contributed by atoms with E-state index in [1.54, 1.807) is 0 Å². The Labute approximate surface area is 272 Å². The van der Waals surface area contributed by atoms with Crippen molar-refractivity contribution in [1.82, 2.24) is 9.13 Å². The summed E-state index contributed by atoms with van der Waals surface area (Å²) in [6.07, 6.45) is 0. The molecule has 9 rings (SSSR count). The van der Waals surface area contributed by atoms with Gasteiger partial charge in [0.1, 0.15) is 0 Å². The van der Waals surface area contributed by atoms with Crippen molar-refractivity contribution in [3.05, 3.63) is 155 Å². The van der Waals surface area contributed by atoms with Gasteiger partial charge in [0, 0.05) is 53.3 Å². The molecule has 1 aliphatic rings. The first-order valence-corrected chi connectivity index (χ1v) is 16.3. The minimum atomic E-state index is 1.05. The smallest absolute Gasteiger partial charge is 0.0626 e. The Morgan fingerprint density at radius 1 is 0.364 bits per heavy atom. The molecular weight excluding hydrogens is 668 g/mol. The van der Waals surface area contributed by atoms with Gasteiger partial charge >= 0.3 is 0 Å². The maximum Gasteiger partial charge on any atom is 0.0626 e. The second-order valence-corrected chi connectivity index (χ2v) is 13.0. The molecule has 0 fully saturated rings. The quantitative estimate of drug-likeness (QED) is 0.171. The third kappa shape index (κ3) is 3.71. The normalized spacial score (nSPS) is 11.9. The standard InChI is InChI=1S/C40H24Br2N2/c41-25-11-9-13-27(23-25)43-35-21-7-5-19-33(35)37-29-15-1-2-16-30(29)38-34-20-6-8-22-36(34)44(28-14-10-12-26(42)24-28)40(38)32-18-4-3-17-31(32)39(37)43/h1-24H. The molecule has 1 aliphatic carbocycles. The van der Waals surface area contributed by atoms with E-state index in [4.69, 9.17) is 0 Å². The minimum absolute atomic E-state index is 1.05. The van der Waals surface area contributed by atoms with Gasteiger partial charge in [-0.1, -0.05) is 129 Å². The largest absolute Gasteiger partial charge is 0.309 e. The summed E-state index contributed by atoms with van der Waals surface area (Å²) in [6.45, 7) is 0. The number of fused-ring (bicyclic) bond motifs is 12. The summed E-state index contributed by atoms with van der Waals surface area (Å²) in [7, 11) is 0. The van der Waals surface area contributed by atoms with Gasteiger partial charge in [-0.05, 0) is 59.7 Å². The first-order valence-electron chi connectivity index (χ1n) is 14.7. The Kier molecular flexibility index (Phi) is 5.84. The highest BCUT2D eigenvalue weighted by Gasteiger charge is 2.31. The lowest BCUT2D eigenvalue weighted by molar-refractivity contribution is 1.12. The molecule has 2 nitrogen and oxygen atoms in total. The average Bonchev–Trinajstić information content (AvgIpc) is 3.57. The van der Waals surface area contributed by atoms with E-state index in [0.29, 0.717) is 0 Å². The van der Waals surface area contributed by atoms with Gasteiger partial charge in [-0.25, -0.2) is 0 Å². The van der Waals surface area contributed by atoms with Gasteiger partial charge in [-0.3, -0.25) is 0 Å². The highest BCUT2D eigenvalue weighted by atomic mass is 79.9. The van der Waals surface area contributed by atoms with Crippen LogP contribution < -0.4 is 0 Å². The van der Waals surface area contributed by atoms with Gasteiger partial charge < -0.3 is 9.13 Å². The van der Waals surface area contributed by atoms with Crippen molar-refractivity contribution < 1.29 is 0 Å². The molecule has 8 aromatic rings. The molecule has 0 aliphatic heterocycles. The molecule has 2 heterocycles. The van der Waals surface area contributed by atoms with E-state index >= 15 is 0 Å².